The molecule has 0 amide bonds. The van der Waals surface area contributed by atoms with Gasteiger partial charge in [-0.25, -0.2) is 4.98 Å². The van der Waals surface area contributed by atoms with Crippen molar-refractivity contribution in [1.82, 2.24) is 4.98 Å². The third kappa shape index (κ3) is 3.08. The Morgan fingerprint density at radius 1 is 1.14 bits per heavy atom. The first-order valence-corrected chi connectivity index (χ1v) is 4.17. The number of terminal acetylenes is 2. The van der Waals surface area contributed by atoms with Gasteiger partial charge in [0, 0.05) is 0 Å². The molecule has 3 heteroatoms. The molecule has 70 valence electrons. The Hall–Kier alpha value is -2.13. The van der Waals surface area contributed by atoms with Crippen LogP contribution in [0, 0.1) is 24.7 Å². The van der Waals surface area contributed by atoms with E-state index in [1.54, 1.807) is 6.20 Å². The van der Waals surface area contributed by atoms with Crippen LogP contribution in [0.3, 0.4) is 0 Å². The first-order valence-electron chi connectivity index (χ1n) is 4.17. The summed E-state index contributed by atoms with van der Waals surface area (Å²) in [4.78, 5) is 4.13. The highest BCUT2D eigenvalue weighted by Gasteiger charge is 1.92. The predicted molar refractivity (Wildman–Crippen MR) is 58.9 cm³/mol. The van der Waals surface area contributed by atoms with Gasteiger partial charge in [-0.1, -0.05) is 11.8 Å². The van der Waals surface area contributed by atoms with Gasteiger partial charge in [0.05, 0.1) is 25.0 Å². The molecule has 1 aromatic heterocycles. The number of aromatic nitrogens is 1. The predicted octanol–water partition coefficient (Wildman–Crippen LogP) is 1.17. The van der Waals surface area contributed by atoms with Crippen LogP contribution in [0.2, 0.25) is 0 Å². The third-order valence-electron chi connectivity index (χ3n) is 1.53. The average molecular weight is 185 g/mol. The van der Waals surface area contributed by atoms with E-state index in [1.807, 2.05) is 12.1 Å². The Balaban J connectivity index is 2.52. The van der Waals surface area contributed by atoms with Crippen molar-refractivity contribution in [2.75, 3.05) is 23.7 Å². The standard InChI is InChI=1S/C11H11N3/c1-3-7-12-10-5-6-11(14-9-10)13-8-4-2/h1-2,5-6,9,12H,7-8H2,(H,13,14). The van der Waals surface area contributed by atoms with Crippen LogP contribution in [0.4, 0.5) is 11.5 Å². The second-order valence-corrected chi connectivity index (χ2v) is 2.55. The topological polar surface area (TPSA) is 37.0 Å². The number of anilines is 2. The summed E-state index contributed by atoms with van der Waals surface area (Å²) in [5.74, 6) is 5.71. The molecule has 0 unspecified atom stereocenters. The molecule has 0 spiro atoms. The smallest absolute Gasteiger partial charge is 0.126 e. The molecule has 3 nitrogen and oxygen atoms in total. The third-order valence-corrected chi connectivity index (χ3v) is 1.53. The van der Waals surface area contributed by atoms with E-state index in [2.05, 4.69) is 27.5 Å². The normalized spacial score (nSPS) is 8.43. The minimum Gasteiger partial charge on any atom is -0.373 e. The molecule has 0 fully saturated rings. The van der Waals surface area contributed by atoms with Gasteiger partial charge < -0.3 is 10.6 Å². The lowest BCUT2D eigenvalue weighted by Gasteiger charge is -2.04. The summed E-state index contributed by atoms with van der Waals surface area (Å²) in [6.07, 6.45) is 11.9. The molecule has 0 atom stereocenters. The largest absolute Gasteiger partial charge is 0.373 e. The van der Waals surface area contributed by atoms with Gasteiger partial charge in [0.1, 0.15) is 5.82 Å². The van der Waals surface area contributed by atoms with Crippen molar-refractivity contribution in [3.8, 4) is 24.7 Å². The number of pyridine rings is 1. The van der Waals surface area contributed by atoms with Crippen LogP contribution < -0.4 is 10.6 Å². The monoisotopic (exact) mass is 185 g/mol. The van der Waals surface area contributed by atoms with E-state index in [1.165, 1.54) is 0 Å². The minimum absolute atomic E-state index is 0.476. The number of hydrogen-bond acceptors (Lipinski definition) is 3. The number of hydrogen-bond donors (Lipinski definition) is 2. The fourth-order valence-electron chi connectivity index (χ4n) is 0.898. The highest BCUT2D eigenvalue weighted by Crippen LogP contribution is 2.08. The second kappa shape index (κ2) is 5.50. The first-order chi connectivity index (χ1) is 6.86. The Kier molecular flexibility index (Phi) is 3.91. The van der Waals surface area contributed by atoms with Crippen molar-refractivity contribution < 1.29 is 0 Å². The van der Waals surface area contributed by atoms with Crippen molar-refractivity contribution in [3.63, 3.8) is 0 Å². The number of nitrogens with one attached hydrogen (secondary N) is 2. The van der Waals surface area contributed by atoms with Gasteiger partial charge in [0.15, 0.2) is 0 Å². The van der Waals surface area contributed by atoms with Crippen LogP contribution in [-0.4, -0.2) is 18.1 Å². The van der Waals surface area contributed by atoms with Crippen LogP contribution in [0.25, 0.3) is 0 Å². The van der Waals surface area contributed by atoms with Crippen molar-refractivity contribution >= 4 is 11.5 Å². The molecule has 0 aliphatic carbocycles. The van der Waals surface area contributed by atoms with Gasteiger partial charge in [0.25, 0.3) is 0 Å². The number of nitrogens with zero attached hydrogens (tertiary/aromatic N) is 1. The Bertz CT molecular complexity index is 317. The Labute approximate surface area is 83.9 Å². The van der Waals surface area contributed by atoms with E-state index in [0.29, 0.717) is 13.1 Å². The van der Waals surface area contributed by atoms with Crippen LogP contribution in [-0.2, 0) is 0 Å². The molecule has 0 aliphatic rings. The molecule has 1 heterocycles. The molecule has 0 saturated heterocycles. The van der Waals surface area contributed by atoms with Gasteiger partial charge in [-0.15, -0.1) is 12.8 Å². The highest BCUT2D eigenvalue weighted by molar-refractivity contribution is 5.48. The molecule has 0 saturated carbocycles. The maximum atomic E-state index is 5.10. The van der Waals surface area contributed by atoms with Crippen molar-refractivity contribution in [3.05, 3.63) is 18.3 Å². The van der Waals surface area contributed by atoms with E-state index in [-0.39, 0.29) is 0 Å². The van der Waals surface area contributed by atoms with E-state index < -0.39 is 0 Å². The van der Waals surface area contributed by atoms with E-state index in [4.69, 9.17) is 12.8 Å². The van der Waals surface area contributed by atoms with E-state index >= 15 is 0 Å². The molecular weight excluding hydrogens is 174 g/mol. The average Bonchev–Trinajstić information content (AvgIpc) is 2.25. The lowest BCUT2D eigenvalue weighted by atomic mass is 10.4. The first kappa shape index (κ1) is 9.95. The molecule has 0 aliphatic heterocycles. The lowest BCUT2D eigenvalue weighted by molar-refractivity contribution is 1.23. The van der Waals surface area contributed by atoms with Gasteiger partial charge in [-0.3, -0.25) is 0 Å². The zero-order valence-corrected chi connectivity index (χ0v) is 7.75. The molecular formula is C11H11N3. The molecule has 0 aromatic carbocycles. The highest BCUT2D eigenvalue weighted by atomic mass is 15.0. The van der Waals surface area contributed by atoms with E-state index in [9.17, 15) is 0 Å². The molecule has 14 heavy (non-hydrogen) atoms. The zero-order chi connectivity index (χ0) is 10.2. The quantitative estimate of drug-likeness (QED) is 0.691. The summed E-state index contributed by atoms with van der Waals surface area (Å²) >= 11 is 0. The SMILES string of the molecule is C#CCNc1ccc(NCC#C)nc1. The molecule has 1 rings (SSSR count). The summed E-state index contributed by atoms with van der Waals surface area (Å²) in [5.41, 5.74) is 0.897. The summed E-state index contributed by atoms with van der Waals surface area (Å²) < 4.78 is 0. The second-order valence-electron chi connectivity index (χ2n) is 2.55. The maximum Gasteiger partial charge on any atom is 0.126 e. The summed E-state index contributed by atoms with van der Waals surface area (Å²) in [7, 11) is 0. The zero-order valence-electron chi connectivity index (χ0n) is 7.75. The van der Waals surface area contributed by atoms with Gasteiger partial charge >= 0.3 is 0 Å². The van der Waals surface area contributed by atoms with Crippen molar-refractivity contribution in [1.29, 1.82) is 0 Å². The fraction of sp³-hybridized carbons (Fsp3) is 0.182. The summed E-state index contributed by atoms with van der Waals surface area (Å²) in [5, 5.41) is 5.97. The Morgan fingerprint density at radius 2 is 1.86 bits per heavy atom. The molecule has 2 N–H and O–H groups in total. The summed E-state index contributed by atoms with van der Waals surface area (Å²) in [6, 6.07) is 3.74. The molecule has 1 aromatic rings. The molecule has 0 radical (unpaired) electrons. The maximum absolute atomic E-state index is 5.10. The van der Waals surface area contributed by atoms with Crippen LogP contribution in [0.1, 0.15) is 0 Å². The number of rotatable bonds is 4. The van der Waals surface area contributed by atoms with E-state index in [0.717, 1.165) is 11.5 Å². The van der Waals surface area contributed by atoms with Crippen molar-refractivity contribution in [2.45, 2.75) is 0 Å². The van der Waals surface area contributed by atoms with Crippen LogP contribution in [0.15, 0.2) is 18.3 Å². The van der Waals surface area contributed by atoms with Gasteiger partial charge in [0.2, 0.25) is 0 Å². The van der Waals surface area contributed by atoms with Crippen molar-refractivity contribution in [2.24, 2.45) is 0 Å². The van der Waals surface area contributed by atoms with Gasteiger partial charge in [-0.05, 0) is 12.1 Å². The van der Waals surface area contributed by atoms with Gasteiger partial charge in [-0.2, -0.15) is 0 Å². The molecule has 0 bridgehead atoms. The Morgan fingerprint density at radius 3 is 2.43 bits per heavy atom. The summed E-state index contributed by atoms with van der Waals surface area (Å²) in [6.45, 7) is 0.975. The van der Waals surface area contributed by atoms with Crippen LogP contribution in [0.5, 0.6) is 0 Å². The fourth-order valence-corrected chi connectivity index (χ4v) is 0.898. The van der Waals surface area contributed by atoms with Crippen LogP contribution >= 0.6 is 0 Å². The lowest BCUT2D eigenvalue weighted by Crippen LogP contribution is -2.02. The minimum atomic E-state index is 0.476.